The molecule has 0 atom stereocenters. The van der Waals surface area contributed by atoms with Crippen LogP contribution in [0.4, 0.5) is 0 Å². The number of carbonyl (C=O) groups excluding carboxylic acids is 1. The molecule has 0 rings (SSSR count). The molecule has 0 saturated carbocycles. The zero-order valence-corrected chi connectivity index (χ0v) is 4.39. The molecule has 0 N–H and O–H groups in total. The lowest BCUT2D eigenvalue weighted by Gasteiger charge is -1.93. The lowest BCUT2D eigenvalue weighted by Crippen LogP contribution is -1.93. The predicted molar refractivity (Wildman–Crippen MR) is 25.3 cm³/mol. The van der Waals surface area contributed by atoms with Crippen molar-refractivity contribution in [2.75, 3.05) is 0 Å². The molecule has 0 spiro atoms. The van der Waals surface area contributed by atoms with E-state index in [2.05, 4.69) is 4.74 Å². The van der Waals surface area contributed by atoms with Crippen LogP contribution in [0.25, 0.3) is 0 Å². The van der Waals surface area contributed by atoms with Crippen molar-refractivity contribution in [2.45, 2.75) is 13.8 Å². The molecule has 0 saturated heterocycles. The van der Waals surface area contributed by atoms with Gasteiger partial charge in [0.05, 0.1) is 0 Å². The zero-order valence-electron chi connectivity index (χ0n) is 4.39. The molecular weight excluding hydrogens is 92.1 g/mol. The fourth-order valence-electron chi connectivity index (χ4n) is 0.227. The summed E-state index contributed by atoms with van der Waals surface area (Å²) in [5, 5.41) is 0. The van der Waals surface area contributed by atoms with E-state index in [1.807, 2.05) is 0 Å². The summed E-state index contributed by atoms with van der Waals surface area (Å²) in [5.41, 5.74) is 0. The van der Waals surface area contributed by atoms with E-state index in [1.165, 1.54) is 13.8 Å². The predicted octanol–water partition coefficient (Wildman–Crippen LogP) is 0.886. The van der Waals surface area contributed by atoms with E-state index in [1.54, 1.807) is 0 Å². The fourth-order valence-corrected chi connectivity index (χ4v) is 0.227. The van der Waals surface area contributed by atoms with Crippen molar-refractivity contribution >= 4 is 5.97 Å². The molecule has 0 aromatic rings. The maximum Gasteiger partial charge on any atom is 0.307 e. The molecule has 7 heavy (non-hydrogen) atoms. The summed E-state index contributed by atoms with van der Waals surface area (Å²) in [6.45, 7) is 7.78. The maximum atomic E-state index is 9.93. The smallest absolute Gasteiger partial charge is 0.307 e. The summed E-state index contributed by atoms with van der Waals surface area (Å²) >= 11 is 0. The minimum absolute atomic E-state index is 0.188. The van der Waals surface area contributed by atoms with E-state index in [0.717, 1.165) is 0 Å². The van der Waals surface area contributed by atoms with Crippen LogP contribution in [-0.2, 0) is 9.53 Å². The van der Waals surface area contributed by atoms with Crippen molar-refractivity contribution in [2.24, 2.45) is 0 Å². The largest absolute Gasteiger partial charge is 0.432 e. The first-order valence-corrected chi connectivity index (χ1v) is 1.90. The third-order valence-electron chi connectivity index (χ3n) is 0.305. The lowest BCUT2D eigenvalue weighted by atomic mass is 10.6. The van der Waals surface area contributed by atoms with Crippen LogP contribution in [0.1, 0.15) is 13.8 Å². The third-order valence-corrected chi connectivity index (χ3v) is 0.305. The van der Waals surface area contributed by atoms with E-state index in [0.29, 0.717) is 0 Å². The van der Waals surface area contributed by atoms with Crippen LogP contribution in [0.2, 0.25) is 0 Å². The maximum absolute atomic E-state index is 9.93. The molecular formula is C5H7O2. The highest BCUT2D eigenvalue weighted by Gasteiger charge is 1.88. The third kappa shape index (κ3) is 5.21. The average molecular weight is 99.1 g/mol. The average Bonchev–Trinajstić information content (AvgIpc) is 1.27. The second-order valence-electron chi connectivity index (χ2n) is 1.20. The van der Waals surface area contributed by atoms with Crippen molar-refractivity contribution < 1.29 is 9.53 Å². The summed E-state index contributed by atoms with van der Waals surface area (Å²) in [6.07, 6.45) is 0. The first-order chi connectivity index (χ1) is 3.13. The number of esters is 1. The molecule has 2 nitrogen and oxygen atoms in total. The van der Waals surface area contributed by atoms with E-state index >= 15 is 0 Å². The zero-order chi connectivity index (χ0) is 5.86. The van der Waals surface area contributed by atoms with Crippen LogP contribution in [0, 0.1) is 6.58 Å². The van der Waals surface area contributed by atoms with Crippen LogP contribution in [0.5, 0.6) is 0 Å². The molecule has 0 heterocycles. The second kappa shape index (κ2) is 2.39. The van der Waals surface area contributed by atoms with Gasteiger partial charge in [-0.2, -0.15) is 0 Å². The molecule has 0 aromatic heterocycles. The minimum atomic E-state index is -0.375. The van der Waals surface area contributed by atoms with Crippen LogP contribution >= 0.6 is 0 Å². The monoisotopic (exact) mass is 99.0 g/mol. The molecule has 0 amide bonds. The molecule has 2 heteroatoms. The second-order valence-corrected chi connectivity index (χ2v) is 1.20. The van der Waals surface area contributed by atoms with Gasteiger partial charge in [0.1, 0.15) is 5.76 Å². The number of ether oxygens (including phenoxy) is 1. The topological polar surface area (TPSA) is 26.3 Å². The highest BCUT2D eigenvalue weighted by Crippen LogP contribution is 1.87. The van der Waals surface area contributed by atoms with Gasteiger partial charge in [-0.1, -0.05) is 0 Å². The van der Waals surface area contributed by atoms with Gasteiger partial charge in [-0.3, -0.25) is 4.79 Å². The summed E-state index contributed by atoms with van der Waals surface area (Å²) < 4.78 is 4.31. The molecule has 0 fully saturated rings. The van der Waals surface area contributed by atoms with E-state index in [4.69, 9.17) is 6.58 Å². The van der Waals surface area contributed by atoms with Crippen molar-refractivity contribution in [3.8, 4) is 0 Å². The Kier molecular flexibility index (Phi) is 2.12. The molecule has 0 aliphatic heterocycles. The van der Waals surface area contributed by atoms with Gasteiger partial charge >= 0.3 is 5.97 Å². The molecule has 0 unspecified atom stereocenters. The Morgan fingerprint density at radius 1 is 1.57 bits per heavy atom. The highest BCUT2D eigenvalue weighted by atomic mass is 16.5. The van der Waals surface area contributed by atoms with Gasteiger partial charge in [0.2, 0.25) is 0 Å². The number of allylic oxidation sites excluding steroid dienone is 1. The highest BCUT2D eigenvalue weighted by molar-refractivity contribution is 5.66. The Morgan fingerprint density at radius 2 is 2.00 bits per heavy atom. The van der Waals surface area contributed by atoms with Gasteiger partial charge in [-0.15, -0.1) is 0 Å². The minimum Gasteiger partial charge on any atom is -0.432 e. The van der Waals surface area contributed by atoms with Gasteiger partial charge in [0, 0.05) is 6.92 Å². The SMILES string of the molecule is [CH]=C(C)OC(C)=O. The Hall–Kier alpha value is -0.790. The molecule has 0 bridgehead atoms. The number of carbonyl (C=O) groups is 1. The summed E-state index contributed by atoms with van der Waals surface area (Å²) in [5.74, 6) is -0.187. The molecule has 1 radical (unpaired) electrons. The van der Waals surface area contributed by atoms with Gasteiger partial charge in [0.15, 0.2) is 0 Å². The normalized spacial score (nSPS) is 7.71. The fraction of sp³-hybridized carbons (Fsp3) is 0.400. The van der Waals surface area contributed by atoms with Gasteiger partial charge < -0.3 is 4.74 Å². The van der Waals surface area contributed by atoms with E-state index in [9.17, 15) is 4.79 Å². The quantitative estimate of drug-likeness (QED) is 0.360. The van der Waals surface area contributed by atoms with Gasteiger partial charge in [0.25, 0.3) is 0 Å². The Labute approximate surface area is 42.8 Å². The first-order valence-electron chi connectivity index (χ1n) is 1.90. The van der Waals surface area contributed by atoms with Crippen molar-refractivity contribution in [1.29, 1.82) is 0 Å². The molecule has 39 valence electrons. The van der Waals surface area contributed by atoms with E-state index in [-0.39, 0.29) is 11.7 Å². The van der Waals surface area contributed by atoms with E-state index < -0.39 is 0 Å². The Bertz CT molecular complexity index is 82.3. The number of hydrogen-bond acceptors (Lipinski definition) is 2. The van der Waals surface area contributed by atoms with Crippen LogP contribution in [-0.4, -0.2) is 5.97 Å². The Balaban J connectivity index is 3.32. The van der Waals surface area contributed by atoms with Crippen molar-refractivity contribution in [1.82, 2.24) is 0 Å². The lowest BCUT2D eigenvalue weighted by molar-refractivity contribution is -0.136. The standard InChI is InChI=1S/C5H7O2/c1-4(2)7-5(3)6/h1H,2-3H3. The van der Waals surface area contributed by atoms with Gasteiger partial charge in [-0.05, 0) is 13.5 Å². The summed E-state index contributed by atoms with van der Waals surface area (Å²) in [6, 6.07) is 0. The summed E-state index contributed by atoms with van der Waals surface area (Å²) in [7, 11) is 0. The van der Waals surface area contributed by atoms with Crippen LogP contribution in [0.15, 0.2) is 5.76 Å². The summed E-state index contributed by atoms with van der Waals surface area (Å²) in [4.78, 5) is 9.93. The van der Waals surface area contributed by atoms with Crippen molar-refractivity contribution in [3.05, 3.63) is 12.3 Å². The molecule has 0 aliphatic rings. The number of rotatable bonds is 1. The van der Waals surface area contributed by atoms with Crippen LogP contribution < -0.4 is 0 Å². The van der Waals surface area contributed by atoms with Crippen molar-refractivity contribution in [3.63, 3.8) is 0 Å². The Morgan fingerprint density at radius 3 is 2.00 bits per heavy atom. The number of hydrogen-bond donors (Lipinski definition) is 0. The molecule has 0 aliphatic carbocycles. The van der Waals surface area contributed by atoms with Gasteiger partial charge in [-0.25, -0.2) is 0 Å². The first kappa shape index (κ1) is 6.21. The van der Waals surface area contributed by atoms with Crippen LogP contribution in [0.3, 0.4) is 0 Å². The molecule has 0 aromatic carbocycles.